The molecule has 0 aromatic heterocycles. The van der Waals surface area contributed by atoms with Gasteiger partial charge in [0.15, 0.2) is 0 Å². The van der Waals surface area contributed by atoms with Gasteiger partial charge in [-0.15, -0.1) is 0 Å². The zero-order chi connectivity index (χ0) is 9.68. The molecule has 1 amide bonds. The van der Waals surface area contributed by atoms with Gasteiger partial charge in [-0.3, -0.25) is 4.79 Å². The van der Waals surface area contributed by atoms with Gasteiger partial charge in [-0.2, -0.15) is 12.6 Å². The summed E-state index contributed by atoms with van der Waals surface area (Å²) in [5, 5.41) is 0. The van der Waals surface area contributed by atoms with Gasteiger partial charge in [0, 0.05) is 25.3 Å². The third-order valence-electron chi connectivity index (χ3n) is 2.15. The molecule has 0 saturated carbocycles. The molecular formula is C9H17NO2S. The molecule has 0 aromatic rings. The van der Waals surface area contributed by atoms with Crippen molar-refractivity contribution in [3.05, 3.63) is 0 Å². The van der Waals surface area contributed by atoms with Gasteiger partial charge < -0.3 is 9.64 Å². The van der Waals surface area contributed by atoms with E-state index in [0.717, 1.165) is 18.8 Å². The van der Waals surface area contributed by atoms with E-state index in [0.29, 0.717) is 25.6 Å². The summed E-state index contributed by atoms with van der Waals surface area (Å²) in [7, 11) is 0. The fourth-order valence-corrected chi connectivity index (χ4v) is 1.66. The van der Waals surface area contributed by atoms with Crippen LogP contribution < -0.4 is 0 Å². The zero-order valence-corrected chi connectivity index (χ0v) is 8.93. The lowest BCUT2D eigenvalue weighted by Crippen LogP contribution is -2.29. The molecule has 1 aliphatic rings. The van der Waals surface area contributed by atoms with E-state index in [1.54, 1.807) is 0 Å². The third-order valence-corrected chi connectivity index (χ3v) is 2.33. The van der Waals surface area contributed by atoms with Gasteiger partial charge in [0.2, 0.25) is 5.91 Å². The molecule has 1 heterocycles. The maximum absolute atomic E-state index is 11.3. The lowest BCUT2D eigenvalue weighted by atomic mass is 10.2. The summed E-state index contributed by atoms with van der Waals surface area (Å²) < 4.78 is 5.26. The van der Waals surface area contributed by atoms with Crippen LogP contribution in [0.3, 0.4) is 0 Å². The fraction of sp³-hybridized carbons (Fsp3) is 0.889. The Balaban J connectivity index is 2.11. The van der Waals surface area contributed by atoms with E-state index in [9.17, 15) is 4.79 Å². The molecule has 0 aromatic carbocycles. The van der Waals surface area contributed by atoms with Gasteiger partial charge in [0.25, 0.3) is 0 Å². The van der Waals surface area contributed by atoms with Gasteiger partial charge in [-0.05, 0) is 5.92 Å². The highest BCUT2D eigenvalue weighted by molar-refractivity contribution is 7.80. The van der Waals surface area contributed by atoms with Crippen LogP contribution in [0.1, 0.15) is 13.3 Å². The molecule has 3 nitrogen and oxygen atoms in total. The molecule has 1 unspecified atom stereocenters. The molecule has 76 valence electrons. The maximum Gasteiger partial charge on any atom is 0.222 e. The number of carbonyl (C=O) groups is 1. The summed E-state index contributed by atoms with van der Waals surface area (Å²) in [5.41, 5.74) is 0. The van der Waals surface area contributed by atoms with Crippen molar-refractivity contribution in [2.24, 2.45) is 5.92 Å². The standard InChI is InChI=1S/C9H17NO2S/c1-8-6-9(11)10(7-8)2-3-12-4-5-13/h8,13H,2-7H2,1H3. The first-order chi connectivity index (χ1) is 6.24. The van der Waals surface area contributed by atoms with E-state index in [4.69, 9.17) is 4.74 Å². The predicted molar refractivity (Wildman–Crippen MR) is 55.0 cm³/mol. The van der Waals surface area contributed by atoms with Crippen LogP contribution in [0.5, 0.6) is 0 Å². The van der Waals surface area contributed by atoms with Crippen molar-refractivity contribution < 1.29 is 9.53 Å². The smallest absolute Gasteiger partial charge is 0.222 e. The van der Waals surface area contributed by atoms with Crippen LogP contribution in [0.2, 0.25) is 0 Å². The third kappa shape index (κ3) is 3.56. The lowest BCUT2D eigenvalue weighted by molar-refractivity contribution is -0.128. The fourth-order valence-electron chi connectivity index (χ4n) is 1.53. The number of likely N-dealkylation sites (tertiary alicyclic amines) is 1. The number of ether oxygens (including phenoxy) is 1. The number of nitrogens with zero attached hydrogens (tertiary/aromatic N) is 1. The number of rotatable bonds is 5. The first-order valence-corrected chi connectivity index (χ1v) is 5.33. The Morgan fingerprint density at radius 2 is 2.38 bits per heavy atom. The molecule has 0 radical (unpaired) electrons. The molecule has 0 aliphatic carbocycles. The van der Waals surface area contributed by atoms with E-state index in [-0.39, 0.29) is 5.91 Å². The van der Waals surface area contributed by atoms with Gasteiger partial charge in [-0.25, -0.2) is 0 Å². The van der Waals surface area contributed by atoms with Crippen molar-refractivity contribution in [1.82, 2.24) is 4.90 Å². The minimum absolute atomic E-state index is 0.266. The number of amides is 1. The predicted octanol–water partition coefficient (Wildman–Crippen LogP) is 0.801. The topological polar surface area (TPSA) is 29.5 Å². The molecule has 0 spiro atoms. The van der Waals surface area contributed by atoms with Gasteiger partial charge in [0.1, 0.15) is 0 Å². The van der Waals surface area contributed by atoms with Crippen LogP contribution in [0, 0.1) is 5.92 Å². The Morgan fingerprint density at radius 3 is 2.92 bits per heavy atom. The SMILES string of the molecule is CC1CC(=O)N(CCOCCS)C1. The van der Waals surface area contributed by atoms with Gasteiger partial charge in [0.05, 0.1) is 13.2 Å². The summed E-state index contributed by atoms with van der Waals surface area (Å²) >= 11 is 4.03. The Hall–Kier alpha value is -0.220. The van der Waals surface area contributed by atoms with Crippen molar-refractivity contribution in [2.75, 3.05) is 32.1 Å². The molecule has 1 saturated heterocycles. The first kappa shape index (κ1) is 10.9. The monoisotopic (exact) mass is 203 g/mol. The van der Waals surface area contributed by atoms with E-state index in [1.165, 1.54) is 0 Å². The molecule has 0 N–H and O–H groups in total. The van der Waals surface area contributed by atoms with Crippen molar-refractivity contribution in [2.45, 2.75) is 13.3 Å². The van der Waals surface area contributed by atoms with Crippen LogP contribution in [0.25, 0.3) is 0 Å². The Kier molecular flexibility index (Phi) is 4.59. The quantitative estimate of drug-likeness (QED) is 0.529. The van der Waals surface area contributed by atoms with Crippen molar-refractivity contribution in [3.63, 3.8) is 0 Å². The second kappa shape index (κ2) is 5.50. The molecule has 0 bridgehead atoms. The lowest BCUT2D eigenvalue weighted by Gasteiger charge is -2.15. The van der Waals surface area contributed by atoms with E-state index < -0.39 is 0 Å². The zero-order valence-electron chi connectivity index (χ0n) is 8.03. The Bertz CT molecular complexity index is 175. The second-order valence-electron chi connectivity index (χ2n) is 3.49. The minimum atomic E-state index is 0.266. The second-order valence-corrected chi connectivity index (χ2v) is 3.93. The van der Waals surface area contributed by atoms with Gasteiger partial charge in [-0.1, -0.05) is 6.92 Å². The summed E-state index contributed by atoms with van der Waals surface area (Å²) in [6, 6.07) is 0. The maximum atomic E-state index is 11.3. The summed E-state index contributed by atoms with van der Waals surface area (Å²) in [6.07, 6.45) is 0.701. The average Bonchev–Trinajstić information content (AvgIpc) is 2.39. The first-order valence-electron chi connectivity index (χ1n) is 4.70. The Morgan fingerprint density at radius 1 is 1.62 bits per heavy atom. The Labute approximate surface area is 84.8 Å². The number of hydrogen-bond acceptors (Lipinski definition) is 3. The van der Waals surface area contributed by atoms with Crippen molar-refractivity contribution >= 4 is 18.5 Å². The molecule has 1 fully saturated rings. The van der Waals surface area contributed by atoms with E-state index in [1.807, 2.05) is 4.90 Å². The molecule has 1 rings (SSSR count). The molecule has 1 atom stereocenters. The van der Waals surface area contributed by atoms with Crippen LogP contribution in [0.15, 0.2) is 0 Å². The molecule has 1 aliphatic heterocycles. The number of thiol groups is 1. The number of hydrogen-bond donors (Lipinski definition) is 1. The average molecular weight is 203 g/mol. The van der Waals surface area contributed by atoms with E-state index in [2.05, 4.69) is 19.6 Å². The van der Waals surface area contributed by atoms with Crippen LogP contribution >= 0.6 is 12.6 Å². The highest BCUT2D eigenvalue weighted by Crippen LogP contribution is 2.15. The van der Waals surface area contributed by atoms with Crippen LogP contribution in [-0.4, -0.2) is 42.9 Å². The summed E-state index contributed by atoms with van der Waals surface area (Å²) in [6.45, 7) is 5.03. The molecular weight excluding hydrogens is 186 g/mol. The van der Waals surface area contributed by atoms with Crippen LogP contribution in [-0.2, 0) is 9.53 Å². The molecule has 4 heteroatoms. The largest absolute Gasteiger partial charge is 0.379 e. The van der Waals surface area contributed by atoms with E-state index >= 15 is 0 Å². The van der Waals surface area contributed by atoms with Gasteiger partial charge >= 0.3 is 0 Å². The van der Waals surface area contributed by atoms with Crippen molar-refractivity contribution in [3.8, 4) is 0 Å². The number of carbonyl (C=O) groups excluding carboxylic acids is 1. The van der Waals surface area contributed by atoms with Crippen LogP contribution in [0.4, 0.5) is 0 Å². The summed E-state index contributed by atoms with van der Waals surface area (Å²) in [5.74, 6) is 1.52. The van der Waals surface area contributed by atoms with Crippen molar-refractivity contribution in [1.29, 1.82) is 0 Å². The molecule has 13 heavy (non-hydrogen) atoms. The normalized spacial score (nSPS) is 22.8. The summed E-state index contributed by atoms with van der Waals surface area (Å²) in [4.78, 5) is 13.2. The highest BCUT2D eigenvalue weighted by Gasteiger charge is 2.25. The highest BCUT2D eigenvalue weighted by atomic mass is 32.1. The minimum Gasteiger partial charge on any atom is -0.379 e.